The Hall–Kier alpha value is -1.67. The van der Waals surface area contributed by atoms with E-state index in [2.05, 4.69) is 15.3 Å². The molecule has 0 bridgehead atoms. The molecule has 1 unspecified atom stereocenters. The van der Waals surface area contributed by atoms with Crippen LogP contribution in [0.5, 0.6) is 0 Å². The maximum Gasteiger partial charge on any atom is 0.158 e. The Morgan fingerprint density at radius 2 is 2.33 bits per heavy atom. The van der Waals surface area contributed by atoms with Crippen LogP contribution in [0.25, 0.3) is 0 Å². The molecule has 15 heavy (non-hydrogen) atoms. The van der Waals surface area contributed by atoms with Gasteiger partial charge < -0.3 is 10.4 Å². The zero-order chi connectivity index (χ0) is 10.7. The maximum atomic E-state index is 9.59. The standard InChI is InChI=1S/C10H12N4O/c11-3-8-4-13-10(6-12-8)14-5-9(15)7-1-2-7/h4,6-7,9,15H,1-2,5H2,(H,13,14). The molecule has 1 saturated carbocycles. The van der Waals surface area contributed by atoms with E-state index in [1.807, 2.05) is 6.07 Å². The zero-order valence-electron chi connectivity index (χ0n) is 8.22. The molecule has 5 nitrogen and oxygen atoms in total. The van der Waals surface area contributed by atoms with Gasteiger partial charge in [-0.1, -0.05) is 0 Å². The van der Waals surface area contributed by atoms with Crippen molar-refractivity contribution in [2.45, 2.75) is 18.9 Å². The van der Waals surface area contributed by atoms with Gasteiger partial charge in [-0.2, -0.15) is 5.26 Å². The molecule has 0 radical (unpaired) electrons. The minimum atomic E-state index is -0.303. The molecule has 0 saturated heterocycles. The Bertz CT molecular complexity index is 366. The van der Waals surface area contributed by atoms with Crippen molar-refractivity contribution in [2.24, 2.45) is 5.92 Å². The second-order valence-corrected chi connectivity index (χ2v) is 3.68. The van der Waals surface area contributed by atoms with Crippen molar-refractivity contribution in [3.63, 3.8) is 0 Å². The molecule has 1 aliphatic carbocycles. The van der Waals surface area contributed by atoms with Gasteiger partial charge in [0.15, 0.2) is 5.69 Å². The van der Waals surface area contributed by atoms with E-state index in [4.69, 9.17) is 5.26 Å². The number of hydrogen-bond acceptors (Lipinski definition) is 5. The molecule has 1 fully saturated rings. The summed E-state index contributed by atoms with van der Waals surface area (Å²) in [6, 6.07) is 1.90. The van der Waals surface area contributed by atoms with Gasteiger partial charge in [0.1, 0.15) is 11.9 Å². The average Bonchev–Trinajstić information content (AvgIpc) is 3.10. The van der Waals surface area contributed by atoms with Crippen LogP contribution in [0.3, 0.4) is 0 Å². The second-order valence-electron chi connectivity index (χ2n) is 3.68. The molecule has 78 valence electrons. The monoisotopic (exact) mass is 204 g/mol. The molecule has 0 aromatic carbocycles. The van der Waals surface area contributed by atoms with Gasteiger partial charge in [-0.15, -0.1) is 0 Å². The predicted octanol–water partition coefficient (Wildman–Crippen LogP) is 0.531. The number of aliphatic hydroxyl groups is 1. The van der Waals surface area contributed by atoms with E-state index in [9.17, 15) is 5.11 Å². The number of nitrogens with zero attached hydrogens (tertiary/aromatic N) is 3. The van der Waals surface area contributed by atoms with Gasteiger partial charge in [0.25, 0.3) is 0 Å². The molecule has 1 aromatic heterocycles. The summed E-state index contributed by atoms with van der Waals surface area (Å²) in [6.07, 6.45) is 4.83. The SMILES string of the molecule is N#Cc1cnc(NCC(O)C2CC2)cn1. The molecule has 0 amide bonds. The number of aromatic nitrogens is 2. The first-order valence-corrected chi connectivity index (χ1v) is 4.93. The van der Waals surface area contributed by atoms with Crippen LogP contribution in [0.2, 0.25) is 0 Å². The molecule has 1 aromatic rings. The number of rotatable bonds is 4. The average molecular weight is 204 g/mol. The van der Waals surface area contributed by atoms with E-state index in [0.29, 0.717) is 24.0 Å². The van der Waals surface area contributed by atoms with Crippen LogP contribution in [0.1, 0.15) is 18.5 Å². The fourth-order valence-corrected chi connectivity index (χ4v) is 1.33. The predicted molar refractivity (Wildman–Crippen MR) is 54.0 cm³/mol. The lowest BCUT2D eigenvalue weighted by molar-refractivity contribution is 0.164. The van der Waals surface area contributed by atoms with Crippen molar-refractivity contribution in [1.29, 1.82) is 5.26 Å². The van der Waals surface area contributed by atoms with Crippen LogP contribution in [0.15, 0.2) is 12.4 Å². The van der Waals surface area contributed by atoms with Gasteiger partial charge >= 0.3 is 0 Å². The van der Waals surface area contributed by atoms with Gasteiger partial charge in [-0.25, -0.2) is 9.97 Å². The first-order chi connectivity index (χ1) is 7.29. The first-order valence-electron chi connectivity index (χ1n) is 4.93. The van der Waals surface area contributed by atoms with Crippen LogP contribution >= 0.6 is 0 Å². The van der Waals surface area contributed by atoms with Crippen LogP contribution in [-0.4, -0.2) is 27.7 Å². The summed E-state index contributed by atoms with van der Waals surface area (Å²) < 4.78 is 0. The summed E-state index contributed by atoms with van der Waals surface area (Å²) in [6.45, 7) is 0.491. The molecule has 2 N–H and O–H groups in total. The van der Waals surface area contributed by atoms with E-state index in [-0.39, 0.29) is 6.10 Å². The summed E-state index contributed by atoms with van der Waals surface area (Å²) >= 11 is 0. The largest absolute Gasteiger partial charge is 0.391 e. The van der Waals surface area contributed by atoms with Gasteiger partial charge in [-0.3, -0.25) is 0 Å². The zero-order valence-corrected chi connectivity index (χ0v) is 8.22. The second kappa shape index (κ2) is 4.24. The minimum absolute atomic E-state index is 0.295. The lowest BCUT2D eigenvalue weighted by atomic mass is 10.2. The van der Waals surface area contributed by atoms with E-state index >= 15 is 0 Å². The Labute approximate surface area is 87.8 Å². The van der Waals surface area contributed by atoms with Crippen LogP contribution < -0.4 is 5.32 Å². The Morgan fingerprint density at radius 1 is 1.53 bits per heavy atom. The number of nitrogens with one attached hydrogen (secondary N) is 1. The first kappa shape index (κ1) is 9.87. The quantitative estimate of drug-likeness (QED) is 0.747. The summed E-state index contributed by atoms with van der Waals surface area (Å²) in [5, 5.41) is 21.1. The maximum absolute atomic E-state index is 9.59. The molecule has 2 rings (SSSR count). The highest BCUT2D eigenvalue weighted by atomic mass is 16.3. The van der Waals surface area contributed by atoms with E-state index in [1.54, 1.807) is 0 Å². The molecule has 0 spiro atoms. The summed E-state index contributed by atoms with van der Waals surface area (Å²) in [5.74, 6) is 1.04. The van der Waals surface area contributed by atoms with Crippen LogP contribution in [-0.2, 0) is 0 Å². The van der Waals surface area contributed by atoms with Crippen LogP contribution in [0.4, 0.5) is 5.82 Å². The molecule has 5 heteroatoms. The Kier molecular flexibility index (Phi) is 2.79. The van der Waals surface area contributed by atoms with Crippen molar-refractivity contribution >= 4 is 5.82 Å². The molecule has 1 atom stereocenters. The third kappa shape index (κ3) is 2.64. The number of nitriles is 1. The van der Waals surface area contributed by atoms with Crippen molar-refractivity contribution < 1.29 is 5.11 Å². The van der Waals surface area contributed by atoms with Gasteiger partial charge in [0.05, 0.1) is 18.5 Å². The molecule has 0 aliphatic heterocycles. The lowest BCUT2D eigenvalue weighted by Crippen LogP contribution is -2.21. The van der Waals surface area contributed by atoms with Crippen molar-refractivity contribution in [3.05, 3.63) is 18.1 Å². The highest BCUT2D eigenvalue weighted by molar-refractivity contribution is 5.33. The smallest absolute Gasteiger partial charge is 0.158 e. The third-order valence-electron chi connectivity index (χ3n) is 2.42. The fraction of sp³-hybridized carbons (Fsp3) is 0.500. The topological polar surface area (TPSA) is 81.8 Å². The van der Waals surface area contributed by atoms with E-state index in [0.717, 1.165) is 12.8 Å². The molecular formula is C10H12N4O. The van der Waals surface area contributed by atoms with E-state index < -0.39 is 0 Å². The number of aliphatic hydroxyl groups excluding tert-OH is 1. The highest BCUT2D eigenvalue weighted by Gasteiger charge is 2.29. The van der Waals surface area contributed by atoms with Crippen LogP contribution in [0, 0.1) is 17.2 Å². The Morgan fingerprint density at radius 3 is 2.87 bits per heavy atom. The molecular weight excluding hydrogens is 192 g/mol. The summed E-state index contributed by atoms with van der Waals surface area (Å²) in [4.78, 5) is 7.86. The highest BCUT2D eigenvalue weighted by Crippen LogP contribution is 2.32. The van der Waals surface area contributed by atoms with Gasteiger partial charge in [-0.05, 0) is 18.8 Å². The van der Waals surface area contributed by atoms with Crippen molar-refractivity contribution in [3.8, 4) is 6.07 Å². The molecule has 1 aliphatic rings. The third-order valence-corrected chi connectivity index (χ3v) is 2.42. The van der Waals surface area contributed by atoms with Gasteiger partial charge in [0, 0.05) is 6.54 Å². The summed E-state index contributed by atoms with van der Waals surface area (Å²) in [7, 11) is 0. The Balaban J connectivity index is 1.85. The normalized spacial score (nSPS) is 16.8. The summed E-state index contributed by atoms with van der Waals surface area (Å²) in [5.41, 5.74) is 0.295. The lowest BCUT2D eigenvalue weighted by Gasteiger charge is -2.10. The van der Waals surface area contributed by atoms with Gasteiger partial charge in [0.2, 0.25) is 0 Å². The van der Waals surface area contributed by atoms with E-state index in [1.165, 1.54) is 12.4 Å². The fourth-order valence-electron chi connectivity index (χ4n) is 1.33. The molecule has 1 heterocycles. The number of anilines is 1. The minimum Gasteiger partial charge on any atom is -0.391 e. The van der Waals surface area contributed by atoms with Crippen molar-refractivity contribution in [2.75, 3.05) is 11.9 Å². The number of hydrogen-bond donors (Lipinski definition) is 2. The van der Waals surface area contributed by atoms with Crippen molar-refractivity contribution in [1.82, 2.24) is 9.97 Å².